The molecule has 0 aliphatic rings. The van der Waals surface area contributed by atoms with E-state index in [4.69, 9.17) is 4.74 Å². The van der Waals surface area contributed by atoms with E-state index in [1.165, 1.54) is 0 Å². The van der Waals surface area contributed by atoms with Crippen LogP contribution >= 0.6 is 0 Å². The second kappa shape index (κ2) is 5.55. The van der Waals surface area contributed by atoms with E-state index in [0.29, 0.717) is 6.04 Å². The van der Waals surface area contributed by atoms with Crippen molar-refractivity contribution in [3.63, 3.8) is 0 Å². The maximum absolute atomic E-state index is 5.39. The molecular weight excluding hydrogens is 150 g/mol. The van der Waals surface area contributed by atoms with Crippen molar-refractivity contribution in [3.8, 4) is 0 Å². The van der Waals surface area contributed by atoms with Crippen LogP contribution in [0.5, 0.6) is 0 Å². The van der Waals surface area contributed by atoms with E-state index in [9.17, 15) is 0 Å². The van der Waals surface area contributed by atoms with Gasteiger partial charge in [-0.25, -0.2) is 0 Å². The van der Waals surface area contributed by atoms with Crippen LogP contribution in [0.25, 0.3) is 0 Å². The molecule has 0 radical (unpaired) electrons. The maximum atomic E-state index is 5.39. The van der Waals surface area contributed by atoms with Crippen LogP contribution < -0.4 is 5.32 Å². The zero-order valence-corrected chi connectivity index (χ0v) is 9.11. The van der Waals surface area contributed by atoms with Gasteiger partial charge in [-0.15, -0.1) is 0 Å². The van der Waals surface area contributed by atoms with Crippen LogP contribution in [0.2, 0.25) is 0 Å². The van der Waals surface area contributed by atoms with E-state index in [0.717, 1.165) is 19.8 Å². The second-order valence-electron chi connectivity index (χ2n) is 4.34. The first-order chi connectivity index (χ1) is 5.48. The van der Waals surface area contributed by atoms with Crippen LogP contribution in [-0.2, 0) is 4.74 Å². The molecule has 2 heteroatoms. The van der Waals surface area contributed by atoms with Gasteiger partial charge >= 0.3 is 0 Å². The number of hydrogen-bond acceptors (Lipinski definition) is 2. The van der Waals surface area contributed by atoms with Crippen molar-refractivity contribution in [3.05, 3.63) is 0 Å². The Morgan fingerprint density at radius 3 is 2.33 bits per heavy atom. The third-order valence-electron chi connectivity index (χ3n) is 1.69. The molecule has 0 aliphatic carbocycles. The standard InChI is InChI=1S/C10H23NO/c1-6-12-8-10(4,5)7-11-9(2)3/h9,11H,6-8H2,1-5H3. The summed E-state index contributed by atoms with van der Waals surface area (Å²) in [6.07, 6.45) is 0. The molecular formula is C10H23NO. The normalized spacial score (nSPS) is 12.5. The summed E-state index contributed by atoms with van der Waals surface area (Å²) in [6, 6.07) is 0.561. The van der Waals surface area contributed by atoms with E-state index in [2.05, 4.69) is 33.0 Å². The van der Waals surface area contributed by atoms with Gasteiger partial charge in [0.25, 0.3) is 0 Å². The number of hydrogen-bond donors (Lipinski definition) is 1. The van der Waals surface area contributed by atoms with Crippen molar-refractivity contribution in [2.24, 2.45) is 5.41 Å². The van der Waals surface area contributed by atoms with Crippen molar-refractivity contribution < 1.29 is 4.74 Å². The molecule has 0 saturated heterocycles. The molecule has 0 aliphatic heterocycles. The molecule has 0 aromatic carbocycles. The van der Waals surface area contributed by atoms with E-state index >= 15 is 0 Å². The summed E-state index contributed by atoms with van der Waals surface area (Å²) in [5.74, 6) is 0. The summed E-state index contributed by atoms with van der Waals surface area (Å²) < 4.78 is 5.39. The Kier molecular flexibility index (Phi) is 5.51. The summed E-state index contributed by atoms with van der Waals surface area (Å²) in [6.45, 7) is 13.5. The fourth-order valence-electron chi connectivity index (χ4n) is 0.910. The lowest BCUT2D eigenvalue weighted by molar-refractivity contribution is 0.0696. The highest BCUT2D eigenvalue weighted by Crippen LogP contribution is 2.13. The highest BCUT2D eigenvalue weighted by molar-refractivity contribution is 4.71. The minimum absolute atomic E-state index is 0.250. The van der Waals surface area contributed by atoms with Gasteiger partial charge in [0.05, 0.1) is 6.61 Å². The van der Waals surface area contributed by atoms with Crippen molar-refractivity contribution in [1.29, 1.82) is 0 Å². The molecule has 0 amide bonds. The first-order valence-corrected chi connectivity index (χ1v) is 4.79. The molecule has 12 heavy (non-hydrogen) atoms. The van der Waals surface area contributed by atoms with Crippen molar-refractivity contribution >= 4 is 0 Å². The third kappa shape index (κ3) is 6.62. The number of rotatable bonds is 6. The van der Waals surface area contributed by atoms with Gasteiger partial charge in [-0.1, -0.05) is 27.7 Å². The summed E-state index contributed by atoms with van der Waals surface area (Å²) >= 11 is 0. The highest BCUT2D eigenvalue weighted by Gasteiger charge is 2.17. The van der Waals surface area contributed by atoms with Crippen molar-refractivity contribution in [2.75, 3.05) is 19.8 Å². The van der Waals surface area contributed by atoms with Gasteiger partial charge in [0, 0.05) is 24.6 Å². The average molecular weight is 173 g/mol. The molecule has 0 bridgehead atoms. The molecule has 0 saturated carbocycles. The van der Waals surface area contributed by atoms with E-state index in [-0.39, 0.29) is 5.41 Å². The van der Waals surface area contributed by atoms with Gasteiger partial charge in [0.2, 0.25) is 0 Å². The zero-order valence-electron chi connectivity index (χ0n) is 9.11. The summed E-state index contributed by atoms with van der Waals surface area (Å²) in [5.41, 5.74) is 0.250. The summed E-state index contributed by atoms with van der Waals surface area (Å²) in [4.78, 5) is 0. The molecule has 0 spiro atoms. The van der Waals surface area contributed by atoms with Crippen LogP contribution in [-0.4, -0.2) is 25.8 Å². The molecule has 1 N–H and O–H groups in total. The van der Waals surface area contributed by atoms with E-state index in [1.807, 2.05) is 6.92 Å². The molecule has 0 aromatic heterocycles. The van der Waals surface area contributed by atoms with Gasteiger partial charge < -0.3 is 10.1 Å². The molecule has 0 heterocycles. The summed E-state index contributed by atoms with van der Waals surface area (Å²) in [5, 5.41) is 3.41. The second-order valence-corrected chi connectivity index (χ2v) is 4.34. The average Bonchev–Trinajstić information content (AvgIpc) is 1.98. The lowest BCUT2D eigenvalue weighted by atomic mass is 9.94. The first-order valence-electron chi connectivity index (χ1n) is 4.79. The van der Waals surface area contributed by atoms with Gasteiger partial charge in [0.1, 0.15) is 0 Å². The minimum Gasteiger partial charge on any atom is -0.381 e. The molecule has 2 nitrogen and oxygen atoms in total. The first kappa shape index (κ1) is 11.9. The van der Waals surface area contributed by atoms with Crippen LogP contribution in [0.1, 0.15) is 34.6 Å². The van der Waals surface area contributed by atoms with Gasteiger partial charge in [-0.3, -0.25) is 0 Å². The van der Waals surface area contributed by atoms with Crippen LogP contribution in [0.15, 0.2) is 0 Å². The quantitative estimate of drug-likeness (QED) is 0.663. The summed E-state index contributed by atoms with van der Waals surface area (Å²) in [7, 11) is 0. The Balaban J connectivity index is 3.56. The monoisotopic (exact) mass is 173 g/mol. The fourth-order valence-corrected chi connectivity index (χ4v) is 0.910. The SMILES string of the molecule is CCOCC(C)(C)CNC(C)C. The fraction of sp³-hybridized carbons (Fsp3) is 1.00. The molecule has 0 aromatic rings. The van der Waals surface area contributed by atoms with Crippen LogP contribution in [0, 0.1) is 5.41 Å². The Bertz CT molecular complexity index is 110. The Labute approximate surface area is 76.7 Å². The van der Waals surface area contributed by atoms with Crippen LogP contribution in [0.3, 0.4) is 0 Å². The lowest BCUT2D eigenvalue weighted by Gasteiger charge is -2.25. The molecule has 0 rings (SSSR count). The van der Waals surface area contributed by atoms with Gasteiger partial charge in [-0.2, -0.15) is 0 Å². The predicted molar refractivity (Wildman–Crippen MR) is 53.4 cm³/mol. The van der Waals surface area contributed by atoms with Gasteiger partial charge in [-0.05, 0) is 6.92 Å². The lowest BCUT2D eigenvalue weighted by Crippen LogP contribution is -2.36. The predicted octanol–water partition coefficient (Wildman–Crippen LogP) is 2.05. The molecule has 0 fully saturated rings. The van der Waals surface area contributed by atoms with E-state index < -0.39 is 0 Å². The largest absolute Gasteiger partial charge is 0.381 e. The number of ether oxygens (including phenoxy) is 1. The Morgan fingerprint density at radius 1 is 1.33 bits per heavy atom. The van der Waals surface area contributed by atoms with E-state index in [1.54, 1.807) is 0 Å². The van der Waals surface area contributed by atoms with Crippen molar-refractivity contribution in [1.82, 2.24) is 5.32 Å². The van der Waals surface area contributed by atoms with Gasteiger partial charge in [0.15, 0.2) is 0 Å². The molecule has 74 valence electrons. The van der Waals surface area contributed by atoms with Crippen LogP contribution in [0.4, 0.5) is 0 Å². The smallest absolute Gasteiger partial charge is 0.0529 e. The topological polar surface area (TPSA) is 21.3 Å². The highest BCUT2D eigenvalue weighted by atomic mass is 16.5. The molecule has 0 atom stereocenters. The zero-order chi connectivity index (χ0) is 9.61. The Morgan fingerprint density at radius 2 is 1.92 bits per heavy atom. The van der Waals surface area contributed by atoms with Crippen molar-refractivity contribution in [2.45, 2.75) is 40.7 Å². The number of nitrogens with one attached hydrogen (secondary N) is 1. The Hall–Kier alpha value is -0.0800. The third-order valence-corrected chi connectivity index (χ3v) is 1.69. The molecule has 0 unspecified atom stereocenters. The minimum atomic E-state index is 0.250. The maximum Gasteiger partial charge on any atom is 0.0529 e.